The predicted molar refractivity (Wildman–Crippen MR) is 79.0 cm³/mol. The van der Waals surface area contributed by atoms with Crippen molar-refractivity contribution in [2.24, 2.45) is 0 Å². The van der Waals surface area contributed by atoms with Gasteiger partial charge < -0.3 is 10.2 Å². The van der Waals surface area contributed by atoms with Gasteiger partial charge in [-0.2, -0.15) is 0 Å². The van der Waals surface area contributed by atoms with Crippen molar-refractivity contribution in [1.29, 1.82) is 0 Å². The van der Waals surface area contributed by atoms with Crippen molar-refractivity contribution in [3.05, 3.63) is 32.4 Å². The average molecular weight is 353 g/mol. The molecule has 1 aromatic carbocycles. The maximum absolute atomic E-state index is 5.96. The number of benzene rings is 1. The predicted octanol–water partition coefficient (Wildman–Crippen LogP) is 2.99. The summed E-state index contributed by atoms with van der Waals surface area (Å²) in [6.07, 6.45) is 1.17. The largest absolute Gasteiger partial charge is 0.313 e. The van der Waals surface area contributed by atoms with Gasteiger partial charge in [0.2, 0.25) is 0 Å². The average Bonchev–Trinajstić information content (AvgIpc) is 2.22. The maximum atomic E-state index is 5.96. The van der Waals surface area contributed by atoms with E-state index in [0.717, 1.165) is 24.7 Å². The number of hydrogen-bond acceptors (Lipinski definition) is 2. The van der Waals surface area contributed by atoms with E-state index < -0.39 is 0 Å². The van der Waals surface area contributed by atoms with Gasteiger partial charge in [-0.3, -0.25) is 0 Å². The molecule has 16 heavy (non-hydrogen) atoms. The Morgan fingerprint density at radius 1 is 1.38 bits per heavy atom. The third-order valence-corrected chi connectivity index (χ3v) is 3.57. The van der Waals surface area contributed by atoms with Crippen LogP contribution in [0.25, 0.3) is 0 Å². The van der Waals surface area contributed by atoms with Crippen molar-refractivity contribution in [3.8, 4) is 0 Å². The lowest BCUT2D eigenvalue weighted by Crippen LogP contribution is -2.21. The van der Waals surface area contributed by atoms with E-state index in [1.54, 1.807) is 0 Å². The monoisotopic (exact) mass is 352 g/mol. The SMILES string of the molecule is CN(C)CCCNCc1cc(Cl)ccc1I. The lowest BCUT2D eigenvalue weighted by atomic mass is 10.2. The topological polar surface area (TPSA) is 15.3 Å². The van der Waals surface area contributed by atoms with E-state index in [1.165, 1.54) is 15.6 Å². The molecule has 0 aliphatic heterocycles. The minimum atomic E-state index is 0.811. The molecule has 0 spiro atoms. The summed E-state index contributed by atoms with van der Waals surface area (Å²) in [5, 5.41) is 4.25. The first-order chi connectivity index (χ1) is 7.59. The van der Waals surface area contributed by atoms with Crippen LogP contribution in [0.1, 0.15) is 12.0 Å². The zero-order valence-electron chi connectivity index (χ0n) is 9.76. The van der Waals surface area contributed by atoms with E-state index in [-0.39, 0.29) is 0 Å². The van der Waals surface area contributed by atoms with Crippen LogP contribution in [0.2, 0.25) is 5.02 Å². The minimum Gasteiger partial charge on any atom is -0.313 e. The van der Waals surface area contributed by atoms with Gasteiger partial charge in [-0.05, 0) is 80.0 Å². The van der Waals surface area contributed by atoms with Crippen molar-refractivity contribution < 1.29 is 0 Å². The molecule has 4 heteroatoms. The van der Waals surface area contributed by atoms with Crippen LogP contribution in [-0.4, -0.2) is 32.1 Å². The van der Waals surface area contributed by atoms with Gasteiger partial charge in [0, 0.05) is 15.1 Å². The molecule has 0 aromatic heterocycles. The summed E-state index contributed by atoms with van der Waals surface area (Å²) in [6.45, 7) is 3.06. The Hall–Kier alpha value is 0.160. The highest BCUT2D eigenvalue weighted by molar-refractivity contribution is 14.1. The summed E-state index contributed by atoms with van der Waals surface area (Å²) in [4.78, 5) is 2.20. The minimum absolute atomic E-state index is 0.811. The molecule has 0 amide bonds. The van der Waals surface area contributed by atoms with Crippen LogP contribution < -0.4 is 5.32 Å². The molecular formula is C12H18ClIN2. The molecule has 0 aliphatic rings. The van der Waals surface area contributed by atoms with Gasteiger partial charge in [0.1, 0.15) is 0 Å². The Bertz CT molecular complexity index is 329. The molecule has 0 heterocycles. The first-order valence-electron chi connectivity index (χ1n) is 5.39. The number of hydrogen-bond donors (Lipinski definition) is 1. The van der Waals surface area contributed by atoms with Crippen molar-refractivity contribution >= 4 is 34.2 Å². The molecule has 2 nitrogen and oxygen atoms in total. The number of rotatable bonds is 6. The van der Waals surface area contributed by atoms with Crippen LogP contribution in [-0.2, 0) is 6.54 Å². The number of halogens is 2. The highest BCUT2D eigenvalue weighted by atomic mass is 127. The lowest BCUT2D eigenvalue weighted by Gasteiger charge is -2.10. The summed E-state index contributed by atoms with van der Waals surface area (Å²) >= 11 is 8.30. The van der Waals surface area contributed by atoms with Gasteiger partial charge >= 0.3 is 0 Å². The van der Waals surface area contributed by atoms with Crippen molar-refractivity contribution in [3.63, 3.8) is 0 Å². The Kier molecular flexibility index (Phi) is 6.65. The molecule has 0 unspecified atom stereocenters. The Balaban J connectivity index is 2.29. The molecule has 0 fully saturated rings. The normalized spacial score (nSPS) is 11.1. The molecule has 0 saturated heterocycles. The Labute approximate surface area is 116 Å². The van der Waals surface area contributed by atoms with Crippen molar-refractivity contribution in [1.82, 2.24) is 10.2 Å². The van der Waals surface area contributed by atoms with Gasteiger partial charge in [-0.15, -0.1) is 0 Å². The van der Waals surface area contributed by atoms with Gasteiger partial charge in [-0.1, -0.05) is 11.6 Å². The summed E-state index contributed by atoms with van der Waals surface area (Å²) in [7, 11) is 4.19. The van der Waals surface area contributed by atoms with Crippen LogP contribution in [0.4, 0.5) is 0 Å². The van der Waals surface area contributed by atoms with E-state index in [2.05, 4.69) is 53.0 Å². The van der Waals surface area contributed by atoms with E-state index in [4.69, 9.17) is 11.6 Å². The summed E-state index contributed by atoms with van der Waals surface area (Å²) < 4.78 is 1.27. The molecule has 0 radical (unpaired) electrons. The highest BCUT2D eigenvalue weighted by Crippen LogP contribution is 2.17. The van der Waals surface area contributed by atoms with E-state index in [1.807, 2.05) is 12.1 Å². The van der Waals surface area contributed by atoms with Gasteiger partial charge in [-0.25, -0.2) is 0 Å². The molecule has 0 saturated carbocycles. The summed E-state index contributed by atoms with van der Waals surface area (Å²) in [5.74, 6) is 0. The Morgan fingerprint density at radius 2 is 2.12 bits per heavy atom. The standard InChI is InChI=1S/C12H18ClIN2/c1-16(2)7-3-6-15-9-10-8-11(13)4-5-12(10)14/h4-5,8,15H,3,6-7,9H2,1-2H3. The van der Waals surface area contributed by atoms with E-state index >= 15 is 0 Å². The van der Waals surface area contributed by atoms with Crippen molar-refractivity contribution in [2.45, 2.75) is 13.0 Å². The van der Waals surface area contributed by atoms with Crippen molar-refractivity contribution in [2.75, 3.05) is 27.2 Å². The van der Waals surface area contributed by atoms with Crippen LogP contribution in [0, 0.1) is 3.57 Å². The maximum Gasteiger partial charge on any atom is 0.0409 e. The lowest BCUT2D eigenvalue weighted by molar-refractivity contribution is 0.394. The van der Waals surface area contributed by atoms with Crippen LogP contribution in [0.3, 0.4) is 0 Å². The van der Waals surface area contributed by atoms with E-state index in [0.29, 0.717) is 0 Å². The van der Waals surface area contributed by atoms with Gasteiger partial charge in [0.05, 0.1) is 0 Å². The van der Waals surface area contributed by atoms with Gasteiger partial charge in [0.25, 0.3) is 0 Å². The second-order valence-electron chi connectivity index (χ2n) is 4.07. The quantitative estimate of drug-likeness (QED) is 0.625. The zero-order valence-corrected chi connectivity index (χ0v) is 12.7. The molecule has 0 atom stereocenters. The second-order valence-corrected chi connectivity index (χ2v) is 5.67. The second kappa shape index (κ2) is 7.48. The first-order valence-corrected chi connectivity index (χ1v) is 6.84. The smallest absolute Gasteiger partial charge is 0.0409 e. The fraction of sp³-hybridized carbons (Fsp3) is 0.500. The summed E-state index contributed by atoms with van der Waals surface area (Å²) in [6, 6.07) is 6.01. The Morgan fingerprint density at radius 3 is 2.81 bits per heavy atom. The van der Waals surface area contributed by atoms with Crippen LogP contribution >= 0.6 is 34.2 Å². The number of nitrogens with zero attached hydrogens (tertiary/aromatic N) is 1. The summed E-state index contributed by atoms with van der Waals surface area (Å²) in [5.41, 5.74) is 1.28. The molecule has 90 valence electrons. The highest BCUT2D eigenvalue weighted by Gasteiger charge is 2.00. The van der Waals surface area contributed by atoms with Crippen LogP contribution in [0.15, 0.2) is 18.2 Å². The third kappa shape index (κ3) is 5.48. The first kappa shape index (κ1) is 14.2. The van der Waals surface area contributed by atoms with Gasteiger partial charge in [0.15, 0.2) is 0 Å². The fourth-order valence-electron chi connectivity index (χ4n) is 1.42. The van der Waals surface area contributed by atoms with Crippen LogP contribution in [0.5, 0.6) is 0 Å². The zero-order chi connectivity index (χ0) is 12.0. The third-order valence-electron chi connectivity index (χ3n) is 2.28. The fourth-order valence-corrected chi connectivity index (χ4v) is 2.14. The molecule has 0 aliphatic carbocycles. The molecule has 0 bridgehead atoms. The molecular weight excluding hydrogens is 335 g/mol. The molecule has 1 aromatic rings. The molecule has 1 N–H and O–H groups in total. The number of nitrogens with one attached hydrogen (secondary N) is 1. The van der Waals surface area contributed by atoms with E-state index in [9.17, 15) is 0 Å². The molecule has 1 rings (SSSR count).